The Hall–Kier alpha value is -5.03. The van der Waals surface area contributed by atoms with Gasteiger partial charge in [0.15, 0.2) is 5.60 Å². The van der Waals surface area contributed by atoms with Crippen molar-refractivity contribution in [1.82, 2.24) is 0 Å². The lowest BCUT2D eigenvalue weighted by Gasteiger charge is -2.39. The number of rotatable bonds is 6. The lowest BCUT2D eigenvalue weighted by molar-refractivity contribution is 0.0224. The Kier molecular flexibility index (Phi) is 7.16. The van der Waals surface area contributed by atoms with Crippen LogP contribution in [-0.2, 0) is 10.3 Å². The van der Waals surface area contributed by atoms with Crippen molar-refractivity contribution >= 4 is 28.7 Å². The third kappa shape index (κ3) is 4.48. The van der Waals surface area contributed by atoms with Gasteiger partial charge in [-0.25, -0.2) is 4.79 Å². The zero-order chi connectivity index (χ0) is 32.3. The highest BCUT2D eigenvalue weighted by molar-refractivity contribution is 5.97. The van der Waals surface area contributed by atoms with E-state index in [4.69, 9.17) is 9.47 Å². The molecule has 0 amide bonds. The van der Waals surface area contributed by atoms with Crippen LogP contribution in [-0.4, -0.2) is 19.1 Å². The molecule has 5 aromatic carbocycles. The number of hydrogen-bond donors (Lipinski definition) is 0. The third-order valence-electron chi connectivity index (χ3n) is 9.57. The minimum Gasteiger partial charge on any atom is -0.456 e. The van der Waals surface area contributed by atoms with Crippen LogP contribution in [0.5, 0.6) is 11.5 Å². The topological polar surface area (TPSA) is 42.0 Å². The second-order valence-electron chi connectivity index (χ2n) is 12.6. The highest BCUT2D eigenvalue weighted by Gasteiger charge is 2.54. The molecule has 5 heteroatoms. The first-order valence-electron chi connectivity index (χ1n) is 16.2. The monoisotopic (exact) mass is 608 g/mol. The van der Waals surface area contributed by atoms with Gasteiger partial charge in [-0.05, 0) is 108 Å². The molecular formula is C41H40N2O3. The van der Waals surface area contributed by atoms with E-state index in [9.17, 15) is 4.79 Å². The Bertz CT molecular complexity index is 1970. The van der Waals surface area contributed by atoms with Crippen LogP contribution in [0.25, 0.3) is 0 Å². The zero-order valence-electron chi connectivity index (χ0n) is 27.7. The average molecular weight is 609 g/mol. The van der Waals surface area contributed by atoms with Crippen molar-refractivity contribution in [3.8, 4) is 11.5 Å². The van der Waals surface area contributed by atoms with Crippen LogP contribution < -0.4 is 14.5 Å². The maximum Gasteiger partial charge on any atom is 0.340 e. The van der Waals surface area contributed by atoms with Crippen molar-refractivity contribution in [2.45, 2.75) is 54.1 Å². The van der Waals surface area contributed by atoms with Gasteiger partial charge in [0.05, 0.1) is 5.56 Å². The van der Waals surface area contributed by atoms with Crippen molar-refractivity contribution in [3.63, 3.8) is 0 Å². The molecule has 5 aromatic rings. The van der Waals surface area contributed by atoms with E-state index in [-0.39, 0.29) is 5.97 Å². The number of carbonyl (C=O) groups excluding carboxylic acids is 1. The van der Waals surface area contributed by atoms with Gasteiger partial charge in [-0.2, -0.15) is 0 Å². The van der Waals surface area contributed by atoms with Gasteiger partial charge in [-0.15, -0.1) is 0 Å². The molecule has 0 fully saturated rings. The molecule has 1 spiro atoms. The van der Waals surface area contributed by atoms with E-state index in [1.54, 1.807) is 0 Å². The predicted octanol–water partition coefficient (Wildman–Crippen LogP) is 10.1. The van der Waals surface area contributed by atoms with Crippen molar-refractivity contribution < 1.29 is 14.3 Å². The van der Waals surface area contributed by atoms with Crippen LogP contribution in [0.15, 0.2) is 91.0 Å². The molecule has 0 saturated heterocycles. The maximum absolute atomic E-state index is 13.6. The van der Waals surface area contributed by atoms with Gasteiger partial charge in [0, 0.05) is 58.6 Å². The number of hydrogen-bond acceptors (Lipinski definition) is 5. The van der Waals surface area contributed by atoms with Gasteiger partial charge in [0.2, 0.25) is 0 Å². The molecule has 2 aliphatic rings. The minimum absolute atomic E-state index is 0.329. The molecule has 1 unspecified atom stereocenters. The van der Waals surface area contributed by atoms with Crippen LogP contribution in [0.4, 0.5) is 22.7 Å². The second kappa shape index (κ2) is 11.1. The van der Waals surface area contributed by atoms with Gasteiger partial charge in [0.1, 0.15) is 11.5 Å². The van der Waals surface area contributed by atoms with Crippen LogP contribution in [0.3, 0.4) is 0 Å². The molecule has 0 N–H and O–H groups in total. The van der Waals surface area contributed by atoms with E-state index < -0.39 is 5.60 Å². The highest BCUT2D eigenvalue weighted by Crippen LogP contribution is 2.58. The standard InChI is InChI=1S/C41H40N2O3/c1-8-42(9-2)30-16-17-33-39(23-30)45-38-22-29(7)37(24-34(38)41(33)32-13-11-10-12-31(32)40(44)46-41)43(35-18-14-25(3)20-27(35)5)36-19-15-26(4)21-28(36)6/h10-24H,8-9H2,1-7H3. The van der Waals surface area contributed by atoms with Crippen LogP contribution in [0.1, 0.15) is 68.7 Å². The fourth-order valence-electron chi connectivity index (χ4n) is 7.32. The predicted molar refractivity (Wildman–Crippen MR) is 187 cm³/mol. The summed E-state index contributed by atoms with van der Waals surface area (Å²) in [5.74, 6) is 1.07. The minimum atomic E-state index is -1.16. The molecule has 0 aromatic heterocycles. The molecular weight excluding hydrogens is 568 g/mol. The molecule has 232 valence electrons. The lowest BCUT2D eigenvalue weighted by atomic mass is 9.77. The number of esters is 1. The number of benzene rings is 5. The van der Waals surface area contributed by atoms with Gasteiger partial charge in [-0.3, -0.25) is 0 Å². The van der Waals surface area contributed by atoms with E-state index in [1.165, 1.54) is 22.3 Å². The molecule has 0 bridgehead atoms. The average Bonchev–Trinajstić information content (AvgIpc) is 3.32. The summed E-state index contributed by atoms with van der Waals surface area (Å²) in [4.78, 5) is 18.3. The van der Waals surface area contributed by atoms with E-state index in [0.717, 1.165) is 58.1 Å². The quantitative estimate of drug-likeness (QED) is 0.180. The number of aryl methyl sites for hydroxylation is 5. The van der Waals surface area contributed by atoms with Crippen LogP contribution in [0.2, 0.25) is 0 Å². The van der Waals surface area contributed by atoms with Gasteiger partial charge < -0.3 is 19.3 Å². The molecule has 0 saturated carbocycles. The Morgan fingerprint density at radius 2 is 1.22 bits per heavy atom. The van der Waals surface area contributed by atoms with Crippen molar-refractivity contribution in [2.75, 3.05) is 22.9 Å². The summed E-state index contributed by atoms with van der Waals surface area (Å²) in [6.07, 6.45) is 0. The molecule has 0 aliphatic carbocycles. The summed E-state index contributed by atoms with van der Waals surface area (Å²) in [5.41, 5.74) is 12.0. The number of fused-ring (bicyclic) bond motifs is 6. The largest absolute Gasteiger partial charge is 0.456 e. The number of carbonyl (C=O) groups is 1. The first-order chi connectivity index (χ1) is 22.2. The Morgan fingerprint density at radius 3 is 1.85 bits per heavy atom. The second-order valence-corrected chi connectivity index (χ2v) is 12.6. The first-order valence-corrected chi connectivity index (χ1v) is 16.2. The summed E-state index contributed by atoms with van der Waals surface area (Å²) in [5, 5.41) is 0. The number of nitrogens with zero attached hydrogens (tertiary/aromatic N) is 2. The van der Waals surface area contributed by atoms with Crippen molar-refractivity contribution in [3.05, 3.63) is 141 Å². The third-order valence-corrected chi connectivity index (χ3v) is 9.57. The normalized spacial score (nSPS) is 15.9. The van der Waals surface area contributed by atoms with Crippen molar-refractivity contribution in [2.24, 2.45) is 0 Å². The molecule has 2 heterocycles. The van der Waals surface area contributed by atoms with E-state index in [2.05, 4.69) is 125 Å². The summed E-state index contributed by atoms with van der Waals surface area (Å²) >= 11 is 0. The molecule has 7 rings (SSSR count). The number of ether oxygens (including phenoxy) is 2. The summed E-state index contributed by atoms with van der Waals surface area (Å²) in [6, 6.07) is 31.5. The fraction of sp³-hybridized carbons (Fsp3) is 0.244. The fourth-order valence-corrected chi connectivity index (χ4v) is 7.32. The Morgan fingerprint density at radius 1 is 0.609 bits per heavy atom. The lowest BCUT2D eigenvalue weighted by Crippen LogP contribution is -2.33. The van der Waals surface area contributed by atoms with Gasteiger partial charge in [0.25, 0.3) is 0 Å². The van der Waals surface area contributed by atoms with Gasteiger partial charge >= 0.3 is 5.97 Å². The Labute approximate surface area is 272 Å². The molecule has 1 atom stereocenters. The summed E-state index contributed by atoms with van der Waals surface area (Å²) in [7, 11) is 0. The van der Waals surface area contributed by atoms with E-state index >= 15 is 0 Å². The molecule has 5 nitrogen and oxygen atoms in total. The molecule has 0 radical (unpaired) electrons. The summed E-state index contributed by atoms with van der Waals surface area (Å²) < 4.78 is 13.3. The zero-order valence-corrected chi connectivity index (χ0v) is 27.7. The van der Waals surface area contributed by atoms with Crippen LogP contribution >= 0.6 is 0 Å². The van der Waals surface area contributed by atoms with Crippen molar-refractivity contribution in [1.29, 1.82) is 0 Å². The molecule has 2 aliphatic heterocycles. The summed E-state index contributed by atoms with van der Waals surface area (Å²) in [6.45, 7) is 16.8. The number of anilines is 4. The van der Waals surface area contributed by atoms with E-state index in [0.29, 0.717) is 17.1 Å². The maximum atomic E-state index is 13.6. The first kappa shape index (κ1) is 29.7. The Balaban J connectivity index is 1.52. The molecule has 46 heavy (non-hydrogen) atoms. The van der Waals surface area contributed by atoms with Crippen LogP contribution in [0, 0.1) is 34.6 Å². The van der Waals surface area contributed by atoms with E-state index in [1.807, 2.05) is 24.3 Å². The SMILES string of the molecule is CCN(CC)c1ccc2c(c1)Oc1cc(C)c(N(c3ccc(C)cc3C)c3ccc(C)cc3C)cc1C21OC(=O)c2ccccc21. The smallest absolute Gasteiger partial charge is 0.340 e. The highest BCUT2D eigenvalue weighted by atomic mass is 16.6. The van der Waals surface area contributed by atoms with Gasteiger partial charge in [-0.1, -0.05) is 53.6 Å².